The molecule has 2 amide bonds. The van der Waals surface area contributed by atoms with Gasteiger partial charge in [-0.15, -0.1) is 10.0 Å². The van der Waals surface area contributed by atoms with Gasteiger partial charge in [0.1, 0.15) is 0 Å². The fourth-order valence-corrected chi connectivity index (χ4v) is 1.78. The van der Waals surface area contributed by atoms with E-state index in [2.05, 4.69) is 10.4 Å². The lowest BCUT2D eigenvalue weighted by atomic mass is 10.3. The number of anilines is 2. The third-order valence-corrected chi connectivity index (χ3v) is 2.92. The van der Waals surface area contributed by atoms with Crippen molar-refractivity contribution < 1.29 is 19.1 Å². The lowest BCUT2D eigenvalue weighted by Gasteiger charge is -2.17. The summed E-state index contributed by atoms with van der Waals surface area (Å²) in [5, 5.41) is 9.50. The third kappa shape index (κ3) is 4.07. The van der Waals surface area contributed by atoms with Gasteiger partial charge in [0.15, 0.2) is 0 Å². The van der Waals surface area contributed by atoms with Crippen LogP contribution in [0.4, 0.5) is 21.0 Å². The first-order valence-electron chi connectivity index (χ1n) is 6.95. The van der Waals surface area contributed by atoms with Crippen molar-refractivity contribution >= 4 is 23.6 Å². The molecule has 0 unspecified atom stereocenters. The van der Waals surface area contributed by atoms with E-state index in [1.165, 1.54) is 14.2 Å². The maximum atomic E-state index is 11.9. The SMILES string of the molecule is COC(=O)N(N=NN(C(=O)OC)c1ccccc1)c1ccccc1. The monoisotopic (exact) mass is 328 g/mol. The van der Waals surface area contributed by atoms with Gasteiger partial charge in [-0.1, -0.05) is 36.4 Å². The van der Waals surface area contributed by atoms with Gasteiger partial charge in [0.2, 0.25) is 0 Å². The van der Waals surface area contributed by atoms with Gasteiger partial charge in [0, 0.05) is 0 Å². The first kappa shape index (κ1) is 16.9. The minimum absolute atomic E-state index is 0.436. The highest BCUT2D eigenvalue weighted by molar-refractivity contribution is 5.88. The molecule has 0 aromatic heterocycles. The Labute approximate surface area is 138 Å². The zero-order valence-electron chi connectivity index (χ0n) is 13.2. The van der Waals surface area contributed by atoms with E-state index in [4.69, 9.17) is 9.47 Å². The minimum atomic E-state index is -0.747. The molecular formula is C16H16N4O4. The number of rotatable bonds is 4. The summed E-state index contributed by atoms with van der Waals surface area (Å²) in [7, 11) is 2.45. The molecule has 0 bridgehead atoms. The van der Waals surface area contributed by atoms with Gasteiger partial charge in [-0.25, -0.2) is 9.59 Å². The standard InChI is InChI=1S/C16H16N4O4/c1-23-15(21)19(13-9-5-3-6-10-13)17-18-20(16(22)24-2)14-11-7-4-8-12-14/h3-12H,1-2H3. The molecule has 0 saturated carbocycles. The molecule has 0 fully saturated rings. The highest BCUT2D eigenvalue weighted by atomic mass is 16.6. The molecule has 0 radical (unpaired) electrons. The molecule has 0 spiro atoms. The zero-order valence-corrected chi connectivity index (χ0v) is 13.2. The Balaban J connectivity index is 2.34. The summed E-state index contributed by atoms with van der Waals surface area (Å²) in [5.41, 5.74) is 0.872. The summed E-state index contributed by atoms with van der Waals surface area (Å²) in [5.74, 6) is 0. The van der Waals surface area contributed by atoms with Crippen LogP contribution < -0.4 is 10.0 Å². The Morgan fingerprint density at radius 2 is 1.04 bits per heavy atom. The quantitative estimate of drug-likeness (QED) is 0.631. The highest BCUT2D eigenvalue weighted by Gasteiger charge is 2.19. The molecule has 8 nitrogen and oxygen atoms in total. The van der Waals surface area contributed by atoms with Crippen LogP contribution in [0.2, 0.25) is 0 Å². The Hall–Kier alpha value is -3.42. The van der Waals surface area contributed by atoms with Crippen molar-refractivity contribution in [1.82, 2.24) is 0 Å². The van der Waals surface area contributed by atoms with E-state index in [-0.39, 0.29) is 0 Å². The fourth-order valence-electron chi connectivity index (χ4n) is 1.78. The van der Waals surface area contributed by atoms with Crippen LogP contribution >= 0.6 is 0 Å². The minimum Gasteiger partial charge on any atom is -0.451 e. The van der Waals surface area contributed by atoms with Gasteiger partial charge >= 0.3 is 12.2 Å². The summed E-state index contributed by atoms with van der Waals surface area (Å²) in [4.78, 5) is 23.8. The van der Waals surface area contributed by atoms with Crippen molar-refractivity contribution in [3.63, 3.8) is 0 Å². The van der Waals surface area contributed by atoms with E-state index in [0.29, 0.717) is 11.4 Å². The predicted molar refractivity (Wildman–Crippen MR) is 87.5 cm³/mol. The second-order valence-electron chi connectivity index (χ2n) is 4.41. The van der Waals surface area contributed by atoms with Gasteiger partial charge in [-0.05, 0) is 34.7 Å². The van der Waals surface area contributed by atoms with E-state index >= 15 is 0 Å². The van der Waals surface area contributed by atoms with Crippen LogP contribution in [0.1, 0.15) is 0 Å². The Kier molecular flexibility index (Phi) is 5.84. The van der Waals surface area contributed by atoms with Crippen molar-refractivity contribution in [1.29, 1.82) is 0 Å². The van der Waals surface area contributed by atoms with Crippen molar-refractivity contribution in [2.75, 3.05) is 24.2 Å². The molecule has 24 heavy (non-hydrogen) atoms. The smallest absolute Gasteiger partial charge is 0.436 e. The largest absolute Gasteiger partial charge is 0.451 e. The molecule has 0 aliphatic heterocycles. The number of methoxy groups -OCH3 is 2. The first-order chi connectivity index (χ1) is 11.7. The lowest BCUT2D eigenvalue weighted by Crippen LogP contribution is -2.28. The summed E-state index contributed by atoms with van der Waals surface area (Å²) in [6.45, 7) is 0. The molecule has 2 aromatic carbocycles. The Morgan fingerprint density at radius 1 is 0.708 bits per heavy atom. The van der Waals surface area contributed by atoms with Gasteiger partial charge in [-0.2, -0.15) is 0 Å². The zero-order chi connectivity index (χ0) is 17.4. The van der Waals surface area contributed by atoms with E-state index in [1.54, 1.807) is 60.7 Å². The number of nitrogens with zero attached hydrogens (tertiary/aromatic N) is 4. The number of benzene rings is 2. The van der Waals surface area contributed by atoms with E-state index < -0.39 is 12.2 Å². The summed E-state index contributed by atoms with van der Waals surface area (Å²) in [6, 6.07) is 17.1. The van der Waals surface area contributed by atoms with Crippen LogP contribution in [0.25, 0.3) is 0 Å². The Bertz CT molecular complexity index is 645. The number of hydrogen-bond donors (Lipinski definition) is 0. The first-order valence-corrected chi connectivity index (χ1v) is 6.95. The van der Waals surface area contributed by atoms with Gasteiger partial charge in [-0.3, -0.25) is 0 Å². The normalized spacial score (nSPS) is 10.2. The topological polar surface area (TPSA) is 83.8 Å². The molecule has 2 aromatic rings. The van der Waals surface area contributed by atoms with Crippen LogP contribution in [-0.4, -0.2) is 26.4 Å². The van der Waals surface area contributed by atoms with Crippen molar-refractivity contribution in [2.45, 2.75) is 0 Å². The van der Waals surface area contributed by atoms with Crippen LogP contribution in [0.5, 0.6) is 0 Å². The van der Waals surface area contributed by atoms with Gasteiger partial charge in [0.25, 0.3) is 0 Å². The second-order valence-corrected chi connectivity index (χ2v) is 4.41. The predicted octanol–water partition coefficient (Wildman–Crippen LogP) is 3.81. The van der Waals surface area contributed by atoms with Crippen LogP contribution in [-0.2, 0) is 9.47 Å². The maximum absolute atomic E-state index is 11.9. The number of carbonyl (C=O) groups is 2. The van der Waals surface area contributed by atoms with Crippen LogP contribution in [0.15, 0.2) is 71.1 Å². The maximum Gasteiger partial charge on any atom is 0.436 e. The van der Waals surface area contributed by atoms with Crippen molar-refractivity contribution in [3.05, 3.63) is 60.7 Å². The van der Waals surface area contributed by atoms with E-state index in [9.17, 15) is 9.59 Å². The molecular weight excluding hydrogens is 312 g/mol. The summed E-state index contributed by atoms with van der Waals surface area (Å²) >= 11 is 0. The second kappa shape index (κ2) is 8.28. The Morgan fingerprint density at radius 3 is 1.33 bits per heavy atom. The average Bonchev–Trinajstić information content (AvgIpc) is 2.65. The number of hydrogen-bond acceptors (Lipinski definition) is 6. The van der Waals surface area contributed by atoms with E-state index in [1.807, 2.05) is 0 Å². The molecule has 0 aliphatic carbocycles. The summed E-state index contributed by atoms with van der Waals surface area (Å²) < 4.78 is 9.38. The molecule has 0 saturated heterocycles. The molecule has 0 heterocycles. The third-order valence-electron chi connectivity index (χ3n) is 2.92. The summed E-state index contributed by atoms with van der Waals surface area (Å²) in [6.07, 6.45) is -1.49. The van der Waals surface area contributed by atoms with Gasteiger partial charge < -0.3 is 9.47 Å². The van der Waals surface area contributed by atoms with E-state index in [0.717, 1.165) is 10.0 Å². The highest BCUT2D eigenvalue weighted by Crippen LogP contribution is 2.18. The number of amides is 2. The number of carbonyl (C=O) groups excluding carboxylic acids is 2. The van der Waals surface area contributed by atoms with Gasteiger partial charge in [0.05, 0.1) is 25.6 Å². The fraction of sp³-hybridized carbons (Fsp3) is 0.125. The molecule has 0 aliphatic rings. The van der Waals surface area contributed by atoms with Crippen LogP contribution in [0.3, 0.4) is 0 Å². The molecule has 8 heteroatoms. The van der Waals surface area contributed by atoms with Crippen molar-refractivity contribution in [2.24, 2.45) is 10.4 Å². The molecule has 0 N–H and O–H groups in total. The molecule has 124 valence electrons. The average molecular weight is 328 g/mol. The lowest BCUT2D eigenvalue weighted by molar-refractivity contribution is 0.175. The van der Waals surface area contributed by atoms with Crippen molar-refractivity contribution in [3.8, 4) is 0 Å². The van der Waals surface area contributed by atoms with Crippen LogP contribution in [0, 0.1) is 0 Å². The molecule has 0 atom stereocenters. The molecule has 2 rings (SSSR count). The number of ether oxygens (including phenoxy) is 2. The number of para-hydroxylation sites is 2.